The van der Waals surface area contributed by atoms with E-state index < -0.39 is 0 Å². The van der Waals surface area contributed by atoms with Crippen molar-refractivity contribution in [1.82, 2.24) is 0 Å². The molecule has 0 unspecified atom stereocenters. The number of aromatic hydroxyl groups is 1. The monoisotopic (exact) mass is 220 g/mol. The van der Waals surface area contributed by atoms with Gasteiger partial charge in [-0.3, -0.25) is 0 Å². The molecule has 0 aromatic heterocycles. The molecule has 0 aliphatic carbocycles. The van der Waals surface area contributed by atoms with Crippen LogP contribution < -0.4 is 0 Å². The minimum Gasteiger partial charge on any atom is -0.508 e. The third kappa shape index (κ3) is 1.76. The second-order valence-electron chi connectivity index (χ2n) is 4.08. The lowest BCUT2D eigenvalue weighted by molar-refractivity contribution is 0.475. The summed E-state index contributed by atoms with van der Waals surface area (Å²) < 4.78 is 0. The minimum atomic E-state index is 0.301. The van der Waals surface area contributed by atoms with Crippen LogP contribution in [0.4, 0.5) is 0 Å². The van der Waals surface area contributed by atoms with Crippen molar-refractivity contribution in [1.29, 1.82) is 0 Å². The molecule has 0 saturated heterocycles. The highest BCUT2D eigenvalue weighted by Gasteiger charge is 2.03. The third-order valence-corrected chi connectivity index (χ3v) is 2.95. The highest BCUT2D eigenvalue weighted by Crippen LogP contribution is 2.30. The van der Waals surface area contributed by atoms with Crippen molar-refractivity contribution in [3.8, 4) is 16.9 Å². The van der Waals surface area contributed by atoms with E-state index in [1.165, 1.54) is 10.8 Å². The van der Waals surface area contributed by atoms with E-state index in [4.69, 9.17) is 0 Å². The van der Waals surface area contributed by atoms with Gasteiger partial charge in [0.25, 0.3) is 0 Å². The van der Waals surface area contributed by atoms with Gasteiger partial charge in [0.1, 0.15) is 5.75 Å². The summed E-state index contributed by atoms with van der Waals surface area (Å²) in [6.45, 7) is 0. The molecule has 0 heterocycles. The average molecular weight is 220 g/mol. The smallest absolute Gasteiger partial charge is 0.116 e. The summed E-state index contributed by atoms with van der Waals surface area (Å²) in [5, 5.41) is 12.0. The summed E-state index contributed by atoms with van der Waals surface area (Å²) in [5.41, 5.74) is 2.20. The Morgan fingerprint density at radius 3 is 2.35 bits per heavy atom. The lowest BCUT2D eigenvalue weighted by Gasteiger charge is -2.06. The number of rotatable bonds is 1. The molecule has 0 spiro atoms. The molecule has 0 amide bonds. The minimum absolute atomic E-state index is 0.301. The first-order valence-electron chi connectivity index (χ1n) is 5.62. The van der Waals surface area contributed by atoms with E-state index in [1.807, 2.05) is 30.3 Å². The largest absolute Gasteiger partial charge is 0.508 e. The Kier molecular flexibility index (Phi) is 2.30. The Morgan fingerprint density at radius 2 is 1.47 bits per heavy atom. The maximum Gasteiger partial charge on any atom is 0.116 e. The topological polar surface area (TPSA) is 20.2 Å². The molecule has 1 N–H and O–H groups in total. The normalized spacial score (nSPS) is 10.6. The van der Waals surface area contributed by atoms with Gasteiger partial charge in [-0.2, -0.15) is 0 Å². The van der Waals surface area contributed by atoms with Crippen molar-refractivity contribution in [2.24, 2.45) is 0 Å². The molecule has 0 radical (unpaired) electrons. The Bertz CT molecular complexity index is 666. The van der Waals surface area contributed by atoms with E-state index in [0.717, 1.165) is 11.1 Å². The third-order valence-electron chi connectivity index (χ3n) is 2.95. The maximum absolute atomic E-state index is 9.55. The van der Waals surface area contributed by atoms with Crippen LogP contribution in [0.1, 0.15) is 0 Å². The molecule has 0 bridgehead atoms. The maximum atomic E-state index is 9.55. The molecule has 17 heavy (non-hydrogen) atoms. The van der Waals surface area contributed by atoms with Crippen molar-refractivity contribution >= 4 is 10.8 Å². The van der Waals surface area contributed by atoms with Crippen LogP contribution in [0.15, 0.2) is 66.7 Å². The Morgan fingerprint density at radius 1 is 0.706 bits per heavy atom. The Hall–Kier alpha value is -2.28. The van der Waals surface area contributed by atoms with E-state index in [1.54, 1.807) is 12.1 Å². The van der Waals surface area contributed by atoms with Gasteiger partial charge in [0, 0.05) is 0 Å². The van der Waals surface area contributed by atoms with Crippen LogP contribution in [0.2, 0.25) is 0 Å². The van der Waals surface area contributed by atoms with Crippen molar-refractivity contribution in [3.63, 3.8) is 0 Å². The van der Waals surface area contributed by atoms with Gasteiger partial charge in [0.2, 0.25) is 0 Å². The molecule has 0 atom stereocenters. The molecule has 82 valence electrons. The fourth-order valence-corrected chi connectivity index (χ4v) is 2.15. The first-order chi connectivity index (χ1) is 8.34. The summed E-state index contributed by atoms with van der Waals surface area (Å²) in [6, 6.07) is 21.9. The summed E-state index contributed by atoms with van der Waals surface area (Å²) in [6.07, 6.45) is 0. The van der Waals surface area contributed by atoms with Crippen LogP contribution in [0.25, 0.3) is 21.9 Å². The second-order valence-corrected chi connectivity index (χ2v) is 4.08. The quantitative estimate of drug-likeness (QED) is 0.651. The molecule has 1 nitrogen and oxygen atoms in total. The van der Waals surface area contributed by atoms with Crippen molar-refractivity contribution in [3.05, 3.63) is 66.7 Å². The van der Waals surface area contributed by atoms with Crippen LogP contribution >= 0.6 is 0 Å². The van der Waals surface area contributed by atoms with Crippen LogP contribution in [-0.4, -0.2) is 5.11 Å². The predicted octanol–water partition coefficient (Wildman–Crippen LogP) is 4.21. The van der Waals surface area contributed by atoms with E-state index in [0.29, 0.717) is 5.75 Å². The Balaban J connectivity index is 2.30. The van der Waals surface area contributed by atoms with Gasteiger partial charge in [-0.1, -0.05) is 54.6 Å². The lowest BCUT2D eigenvalue weighted by Crippen LogP contribution is -1.80. The molecular formula is C16H12O. The standard InChI is InChI=1S/C16H12O/c17-14-8-3-7-13(11-14)16-10-4-6-12-5-1-2-9-15(12)16/h1-11,17H. The summed E-state index contributed by atoms with van der Waals surface area (Å²) >= 11 is 0. The van der Waals surface area contributed by atoms with Crippen molar-refractivity contribution in [2.45, 2.75) is 0 Å². The average Bonchev–Trinajstić information content (AvgIpc) is 2.38. The van der Waals surface area contributed by atoms with E-state index in [-0.39, 0.29) is 0 Å². The van der Waals surface area contributed by atoms with Gasteiger partial charge in [-0.25, -0.2) is 0 Å². The molecule has 0 aliphatic rings. The number of phenolic OH excluding ortho intramolecular Hbond substituents is 1. The van der Waals surface area contributed by atoms with Gasteiger partial charge in [0.05, 0.1) is 0 Å². The molecule has 0 saturated carbocycles. The van der Waals surface area contributed by atoms with Crippen molar-refractivity contribution in [2.75, 3.05) is 0 Å². The first-order valence-corrected chi connectivity index (χ1v) is 5.62. The molecule has 3 aromatic carbocycles. The zero-order chi connectivity index (χ0) is 11.7. The van der Waals surface area contributed by atoms with Crippen LogP contribution in [0.3, 0.4) is 0 Å². The second kappa shape index (κ2) is 3.95. The molecule has 0 fully saturated rings. The van der Waals surface area contributed by atoms with E-state index in [9.17, 15) is 5.11 Å². The van der Waals surface area contributed by atoms with Gasteiger partial charge in [-0.15, -0.1) is 0 Å². The predicted molar refractivity (Wildman–Crippen MR) is 71.0 cm³/mol. The fraction of sp³-hybridized carbons (Fsp3) is 0. The van der Waals surface area contributed by atoms with Crippen LogP contribution in [0, 0.1) is 0 Å². The number of benzene rings is 3. The summed E-state index contributed by atoms with van der Waals surface area (Å²) in [7, 11) is 0. The fourth-order valence-electron chi connectivity index (χ4n) is 2.15. The Labute approximate surface area is 100.0 Å². The van der Waals surface area contributed by atoms with Gasteiger partial charge >= 0.3 is 0 Å². The first kappa shape index (κ1) is 9.91. The molecule has 1 heteroatoms. The highest BCUT2D eigenvalue weighted by molar-refractivity contribution is 5.96. The van der Waals surface area contributed by atoms with Gasteiger partial charge < -0.3 is 5.11 Å². The van der Waals surface area contributed by atoms with Gasteiger partial charge in [0.15, 0.2) is 0 Å². The highest BCUT2D eigenvalue weighted by atomic mass is 16.3. The SMILES string of the molecule is Oc1cccc(-c2cccc3ccccc23)c1. The number of fused-ring (bicyclic) bond motifs is 1. The zero-order valence-electron chi connectivity index (χ0n) is 9.30. The van der Waals surface area contributed by atoms with E-state index >= 15 is 0 Å². The van der Waals surface area contributed by atoms with Crippen LogP contribution in [0.5, 0.6) is 5.75 Å². The summed E-state index contributed by atoms with van der Waals surface area (Å²) in [4.78, 5) is 0. The van der Waals surface area contributed by atoms with Crippen LogP contribution in [-0.2, 0) is 0 Å². The summed E-state index contributed by atoms with van der Waals surface area (Å²) in [5.74, 6) is 0.301. The van der Waals surface area contributed by atoms with Gasteiger partial charge in [-0.05, 0) is 34.0 Å². The number of hydrogen-bond acceptors (Lipinski definition) is 1. The molecule has 3 aromatic rings. The molecule has 0 aliphatic heterocycles. The number of hydrogen-bond donors (Lipinski definition) is 1. The molecule has 3 rings (SSSR count). The molecular weight excluding hydrogens is 208 g/mol. The van der Waals surface area contributed by atoms with E-state index in [2.05, 4.69) is 24.3 Å². The number of phenols is 1. The lowest BCUT2D eigenvalue weighted by atomic mass is 9.98. The zero-order valence-corrected chi connectivity index (χ0v) is 9.30. The van der Waals surface area contributed by atoms with Crippen molar-refractivity contribution < 1.29 is 5.11 Å².